The number of anilines is 1. The van der Waals surface area contributed by atoms with E-state index in [1.807, 2.05) is 12.1 Å². The molecular formula is C17H17N3O5S2. The highest BCUT2D eigenvalue weighted by Crippen LogP contribution is 2.32. The molecule has 0 saturated carbocycles. The average molecular weight is 407 g/mol. The summed E-state index contributed by atoms with van der Waals surface area (Å²) in [7, 11) is 0.653. The molecule has 0 spiro atoms. The Kier molecular flexibility index (Phi) is 5.47. The number of hydrogen-bond donors (Lipinski definition) is 1. The van der Waals surface area contributed by atoms with Gasteiger partial charge in [-0.3, -0.25) is 4.72 Å². The van der Waals surface area contributed by atoms with Crippen LogP contribution < -0.4 is 18.9 Å². The minimum atomic E-state index is -3.85. The van der Waals surface area contributed by atoms with Crippen LogP contribution in [-0.4, -0.2) is 39.9 Å². The van der Waals surface area contributed by atoms with Gasteiger partial charge in [0, 0.05) is 11.6 Å². The van der Waals surface area contributed by atoms with Gasteiger partial charge in [-0.05, 0) is 36.4 Å². The van der Waals surface area contributed by atoms with Crippen molar-refractivity contribution < 1.29 is 22.6 Å². The number of benzene rings is 2. The Hall–Kier alpha value is -2.85. The lowest BCUT2D eigenvalue weighted by molar-refractivity contribution is 0.354. The zero-order valence-electron chi connectivity index (χ0n) is 14.8. The van der Waals surface area contributed by atoms with Crippen LogP contribution >= 0.6 is 11.3 Å². The molecule has 27 heavy (non-hydrogen) atoms. The minimum Gasteiger partial charge on any atom is -0.497 e. The molecule has 0 fully saturated rings. The largest absolute Gasteiger partial charge is 0.497 e. The van der Waals surface area contributed by atoms with Crippen molar-refractivity contribution in [2.24, 2.45) is 0 Å². The summed E-state index contributed by atoms with van der Waals surface area (Å²) in [6, 6.07) is 11.6. The molecule has 0 aliphatic heterocycles. The fourth-order valence-electron chi connectivity index (χ4n) is 2.27. The lowest BCUT2D eigenvalue weighted by Gasteiger charge is -2.10. The molecule has 0 atom stereocenters. The Balaban J connectivity index is 1.83. The first kappa shape index (κ1) is 18.9. The van der Waals surface area contributed by atoms with Gasteiger partial charge in [0.25, 0.3) is 10.0 Å². The highest BCUT2D eigenvalue weighted by molar-refractivity contribution is 7.93. The van der Waals surface area contributed by atoms with Crippen molar-refractivity contribution in [3.8, 4) is 27.8 Å². The molecule has 0 amide bonds. The van der Waals surface area contributed by atoms with Crippen LogP contribution in [0.25, 0.3) is 10.6 Å². The second kappa shape index (κ2) is 7.80. The summed E-state index contributed by atoms with van der Waals surface area (Å²) in [5, 5.41) is 8.70. The van der Waals surface area contributed by atoms with E-state index in [0.717, 1.165) is 22.6 Å². The predicted molar refractivity (Wildman–Crippen MR) is 102 cm³/mol. The van der Waals surface area contributed by atoms with E-state index in [4.69, 9.17) is 14.2 Å². The van der Waals surface area contributed by atoms with Gasteiger partial charge in [-0.15, -0.1) is 10.2 Å². The van der Waals surface area contributed by atoms with Gasteiger partial charge >= 0.3 is 0 Å². The van der Waals surface area contributed by atoms with E-state index < -0.39 is 10.0 Å². The lowest BCUT2D eigenvalue weighted by atomic mass is 10.2. The van der Waals surface area contributed by atoms with Crippen LogP contribution in [-0.2, 0) is 10.0 Å². The summed E-state index contributed by atoms with van der Waals surface area (Å²) in [5.41, 5.74) is 0.810. The molecule has 0 aliphatic rings. The van der Waals surface area contributed by atoms with Gasteiger partial charge < -0.3 is 14.2 Å². The van der Waals surface area contributed by atoms with Crippen LogP contribution in [0.2, 0.25) is 0 Å². The maximum Gasteiger partial charge on any atom is 0.263 e. The molecule has 0 aliphatic carbocycles. The molecule has 8 nitrogen and oxygen atoms in total. The summed E-state index contributed by atoms with van der Waals surface area (Å²) in [4.78, 5) is 0.0290. The maximum absolute atomic E-state index is 12.6. The summed E-state index contributed by atoms with van der Waals surface area (Å²) >= 11 is 1.13. The van der Waals surface area contributed by atoms with Crippen molar-refractivity contribution in [3.05, 3.63) is 42.5 Å². The van der Waals surface area contributed by atoms with Crippen LogP contribution in [0.1, 0.15) is 0 Å². The molecule has 3 aromatic rings. The topological polar surface area (TPSA) is 99.6 Å². The van der Waals surface area contributed by atoms with Crippen molar-refractivity contribution in [1.82, 2.24) is 10.2 Å². The molecule has 0 unspecified atom stereocenters. The van der Waals surface area contributed by atoms with Gasteiger partial charge in [-0.1, -0.05) is 11.3 Å². The van der Waals surface area contributed by atoms with E-state index >= 15 is 0 Å². The second-order valence-electron chi connectivity index (χ2n) is 5.26. The third-order valence-corrected chi connectivity index (χ3v) is 6.00. The molecule has 2 aromatic carbocycles. The zero-order valence-corrected chi connectivity index (χ0v) is 16.4. The fourth-order valence-corrected chi connectivity index (χ4v) is 4.27. The quantitative estimate of drug-likeness (QED) is 0.642. The van der Waals surface area contributed by atoms with Gasteiger partial charge in [0.05, 0.1) is 26.2 Å². The molecule has 10 heteroatoms. The standard InChI is InChI=1S/C17H17N3O5S2/c1-23-12-6-4-11(5-7-12)16-18-19-17(26-16)20-27(21,22)13-8-9-14(24-2)15(10-13)25-3/h4-10H,1-3H3,(H,19,20). The smallest absolute Gasteiger partial charge is 0.263 e. The SMILES string of the molecule is COc1ccc(-c2nnc(NS(=O)(=O)c3ccc(OC)c(OC)c3)s2)cc1. The number of methoxy groups -OCH3 is 3. The van der Waals surface area contributed by atoms with E-state index in [1.54, 1.807) is 19.2 Å². The van der Waals surface area contributed by atoms with Gasteiger partial charge in [0.2, 0.25) is 5.13 Å². The number of hydrogen-bond acceptors (Lipinski definition) is 8. The van der Waals surface area contributed by atoms with Gasteiger partial charge in [-0.25, -0.2) is 8.42 Å². The van der Waals surface area contributed by atoms with E-state index in [2.05, 4.69) is 14.9 Å². The van der Waals surface area contributed by atoms with Crippen LogP contribution in [0.15, 0.2) is 47.4 Å². The fraction of sp³-hybridized carbons (Fsp3) is 0.176. The highest BCUT2D eigenvalue weighted by atomic mass is 32.2. The Morgan fingerprint density at radius 2 is 1.59 bits per heavy atom. The Morgan fingerprint density at radius 3 is 2.22 bits per heavy atom. The first-order valence-corrected chi connectivity index (χ1v) is 9.99. The first-order valence-electron chi connectivity index (χ1n) is 7.69. The first-order chi connectivity index (χ1) is 13.0. The Labute approximate surface area is 160 Å². The van der Waals surface area contributed by atoms with Crippen molar-refractivity contribution in [2.45, 2.75) is 4.90 Å². The lowest BCUT2D eigenvalue weighted by Crippen LogP contribution is -2.13. The number of aromatic nitrogens is 2. The van der Waals surface area contributed by atoms with Gasteiger partial charge in [0.1, 0.15) is 10.8 Å². The van der Waals surface area contributed by atoms with E-state index in [1.165, 1.54) is 32.4 Å². The Bertz CT molecular complexity index is 1030. The number of nitrogens with one attached hydrogen (secondary N) is 1. The molecular weight excluding hydrogens is 390 g/mol. The summed E-state index contributed by atoms with van der Waals surface area (Å²) in [6.45, 7) is 0. The van der Waals surface area contributed by atoms with Crippen LogP contribution in [0, 0.1) is 0 Å². The van der Waals surface area contributed by atoms with Gasteiger partial charge in [-0.2, -0.15) is 0 Å². The third-order valence-electron chi connectivity index (χ3n) is 3.65. The maximum atomic E-state index is 12.6. The van der Waals surface area contributed by atoms with Crippen LogP contribution in [0.3, 0.4) is 0 Å². The van der Waals surface area contributed by atoms with Crippen LogP contribution in [0.4, 0.5) is 5.13 Å². The number of rotatable bonds is 7. The molecule has 0 saturated heterocycles. The molecule has 3 rings (SSSR count). The Morgan fingerprint density at radius 1 is 0.889 bits per heavy atom. The second-order valence-corrected chi connectivity index (χ2v) is 7.92. The van der Waals surface area contributed by atoms with Gasteiger partial charge in [0.15, 0.2) is 11.5 Å². The zero-order chi connectivity index (χ0) is 19.4. The molecule has 1 heterocycles. The van der Waals surface area contributed by atoms with Crippen molar-refractivity contribution in [1.29, 1.82) is 0 Å². The molecule has 0 radical (unpaired) electrons. The van der Waals surface area contributed by atoms with Crippen molar-refractivity contribution >= 4 is 26.5 Å². The molecule has 1 aromatic heterocycles. The molecule has 1 N–H and O–H groups in total. The van der Waals surface area contributed by atoms with Crippen molar-refractivity contribution in [2.75, 3.05) is 26.1 Å². The summed E-state index contributed by atoms with van der Waals surface area (Å²) in [6.07, 6.45) is 0. The number of nitrogens with zero attached hydrogens (tertiary/aromatic N) is 2. The van der Waals surface area contributed by atoms with E-state index in [0.29, 0.717) is 16.5 Å². The highest BCUT2D eigenvalue weighted by Gasteiger charge is 2.19. The molecule has 142 valence electrons. The normalized spacial score (nSPS) is 11.1. The van der Waals surface area contributed by atoms with E-state index in [9.17, 15) is 8.42 Å². The number of ether oxygens (including phenoxy) is 3. The van der Waals surface area contributed by atoms with E-state index in [-0.39, 0.29) is 10.0 Å². The number of sulfonamides is 1. The molecule has 0 bridgehead atoms. The van der Waals surface area contributed by atoms with Crippen molar-refractivity contribution in [3.63, 3.8) is 0 Å². The predicted octanol–water partition coefficient (Wildman–Crippen LogP) is 3.03. The van der Waals surface area contributed by atoms with Crippen LogP contribution in [0.5, 0.6) is 17.2 Å². The summed E-state index contributed by atoms with van der Waals surface area (Å²) < 4.78 is 43.0. The monoisotopic (exact) mass is 407 g/mol. The third kappa shape index (κ3) is 4.12. The average Bonchev–Trinajstić information content (AvgIpc) is 3.15. The minimum absolute atomic E-state index is 0.0290. The summed E-state index contributed by atoms with van der Waals surface area (Å²) in [5.74, 6) is 1.48.